The first-order valence-corrected chi connectivity index (χ1v) is 6.72. The molecule has 0 atom stereocenters. The van der Waals surface area contributed by atoms with E-state index < -0.39 is 17.5 Å². The molecule has 0 unspecified atom stereocenters. The number of halogens is 3. The van der Waals surface area contributed by atoms with E-state index in [1.54, 1.807) is 0 Å². The van der Waals surface area contributed by atoms with Crippen molar-refractivity contribution in [3.63, 3.8) is 0 Å². The van der Waals surface area contributed by atoms with E-state index >= 15 is 0 Å². The fourth-order valence-electron chi connectivity index (χ4n) is 1.86. The van der Waals surface area contributed by atoms with Crippen LogP contribution in [0.5, 0.6) is 11.5 Å². The lowest BCUT2D eigenvalue weighted by atomic mass is 10.2. The van der Waals surface area contributed by atoms with Crippen molar-refractivity contribution in [3.8, 4) is 11.5 Å². The predicted octanol–water partition coefficient (Wildman–Crippen LogP) is 4.40. The second-order valence-corrected chi connectivity index (χ2v) is 4.61. The maximum atomic E-state index is 13.6. The van der Waals surface area contributed by atoms with E-state index in [4.69, 9.17) is 4.74 Å². The lowest BCUT2D eigenvalue weighted by molar-refractivity contribution is 0.430. The van der Waals surface area contributed by atoms with Gasteiger partial charge in [-0.15, -0.1) is 0 Å². The molecule has 0 aliphatic rings. The minimum atomic E-state index is -0.799. The Morgan fingerprint density at radius 2 is 1.62 bits per heavy atom. The highest BCUT2D eigenvalue weighted by atomic mass is 19.1. The fourth-order valence-corrected chi connectivity index (χ4v) is 1.86. The maximum Gasteiger partial charge on any atom is 0.168 e. The molecule has 2 aromatic carbocycles. The van der Waals surface area contributed by atoms with Crippen molar-refractivity contribution in [2.45, 2.75) is 19.9 Å². The van der Waals surface area contributed by atoms with Crippen molar-refractivity contribution in [1.29, 1.82) is 0 Å². The standard InChI is InChI=1S/C16H16F3NO/c1-2-7-20-10-11-8-12(17)3-5-15(11)21-16-6-4-13(18)9-14(16)19/h3-6,8-9,20H,2,7,10H2,1H3. The van der Waals surface area contributed by atoms with Gasteiger partial charge >= 0.3 is 0 Å². The van der Waals surface area contributed by atoms with Gasteiger partial charge in [0.1, 0.15) is 17.4 Å². The van der Waals surface area contributed by atoms with E-state index in [-0.39, 0.29) is 5.75 Å². The molecule has 0 aliphatic carbocycles. The number of rotatable bonds is 6. The van der Waals surface area contributed by atoms with E-state index in [0.29, 0.717) is 17.9 Å². The third-order valence-electron chi connectivity index (χ3n) is 2.88. The number of hydrogen-bond acceptors (Lipinski definition) is 2. The van der Waals surface area contributed by atoms with Gasteiger partial charge < -0.3 is 10.1 Å². The molecule has 0 aliphatic heterocycles. The van der Waals surface area contributed by atoms with Crippen molar-refractivity contribution in [2.24, 2.45) is 0 Å². The first-order valence-electron chi connectivity index (χ1n) is 6.72. The van der Waals surface area contributed by atoms with Crippen LogP contribution in [0.2, 0.25) is 0 Å². The van der Waals surface area contributed by atoms with Crippen LogP contribution in [0.25, 0.3) is 0 Å². The molecule has 0 amide bonds. The number of ether oxygens (including phenoxy) is 1. The molecule has 21 heavy (non-hydrogen) atoms. The molecule has 0 bridgehead atoms. The molecule has 0 saturated heterocycles. The second kappa shape index (κ2) is 7.13. The summed E-state index contributed by atoms with van der Waals surface area (Å²) in [5, 5.41) is 3.13. The predicted molar refractivity (Wildman–Crippen MR) is 74.8 cm³/mol. The summed E-state index contributed by atoms with van der Waals surface area (Å²) >= 11 is 0. The Balaban J connectivity index is 2.22. The third kappa shape index (κ3) is 4.23. The maximum absolute atomic E-state index is 13.6. The van der Waals surface area contributed by atoms with Gasteiger partial charge in [0.2, 0.25) is 0 Å². The largest absolute Gasteiger partial charge is 0.454 e. The first-order chi connectivity index (χ1) is 10.1. The first kappa shape index (κ1) is 15.4. The molecule has 5 heteroatoms. The Morgan fingerprint density at radius 3 is 2.29 bits per heavy atom. The summed E-state index contributed by atoms with van der Waals surface area (Å²) in [5.41, 5.74) is 0.576. The van der Waals surface area contributed by atoms with Crippen molar-refractivity contribution in [2.75, 3.05) is 6.54 Å². The van der Waals surface area contributed by atoms with Gasteiger partial charge in [0.05, 0.1) is 0 Å². The molecule has 0 saturated carbocycles. The number of benzene rings is 2. The molecule has 0 aromatic heterocycles. The van der Waals surface area contributed by atoms with E-state index in [2.05, 4.69) is 5.32 Å². The summed E-state index contributed by atoms with van der Waals surface area (Å²) < 4.78 is 45.2. The van der Waals surface area contributed by atoms with Crippen LogP contribution < -0.4 is 10.1 Å². The van der Waals surface area contributed by atoms with Crippen LogP contribution in [0.15, 0.2) is 36.4 Å². The van der Waals surface area contributed by atoms with Crippen LogP contribution in [0.3, 0.4) is 0 Å². The summed E-state index contributed by atoms with van der Waals surface area (Å²) in [6, 6.07) is 7.06. The van der Waals surface area contributed by atoms with Gasteiger partial charge in [-0.25, -0.2) is 13.2 Å². The van der Waals surface area contributed by atoms with Gasteiger partial charge in [0.15, 0.2) is 11.6 Å². The fraction of sp³-hybridized carbons (Fsp3) is 0.250. The Labute approximate surface area is 121 Å². The highest BCUT2D eigenvalue weighted by molar-refractivity contribution is 5.38. The number of hydrogen-bond donors (Lipinski definition) is 1. The quantitative estimate of drug-likeness (QED) is 0.798. The SMILES string of the molecule is CCCNCc1cc(F)ccc1Oc1ccc(F)cc1F. The van der Waals surface area contributed by atoms with Gasteiger partial charge in [-0.1, -0.05) is 6.92 Å². The van der Waals surface area contributed by atoms with Crippen LogP contribution in [0.1, 0.15) is 18.9 Å². The molecule has 0 heterocycles. The summed E-state index contributed by atoms with van der Waals surface area (Å²) in [4.78, 5) is 0. The van der Waals surface area contributed by atoms with Crippen LogP contribution in [0.4, 0.5) is 13.2 Å². The van der Waals surface area contributed by atoms with Gasteiger partial charge in [-0.05, 0) is 43.3 Å². The van der Waals surface area contributed by atoms with Crippen molar-refractivity contribution in [3.05, 3.63) is 59.4 Å². The summed E-state index contributed by atoms with van der Waals surface area (Å²) in [5.74, 6) is -1.63. The Morgan fingerprint density at radius 1 is 0.952 bits per heavy atom. The van der Waals surface area contributed by atoms with E-state index in [1.807, 2.05) is 6.92 Å². The Bertz CT molecular complexity index is 616. The summed E-state index contributed by atoms with van der Waals surface area (Å²) in [7, 11) is 0. The topological polar surface area (TPSA) is 21.3 Å². The van der Waals surface area contributed by atoms with Gasteiger partial charge in [-0.2, -0.15) is 0 Å². The molecular formula is C16H16F3NO. The average molecular weight is 295 g/mol. The summed E-state index contributed by atoms with van der Waals surface area (Å²) in [6.07, 6.45) is 0.943. The smallest absolute Gasteiger partial charge is 0.168 e. The summed E-state index contributed by atoms with van der Waals surface area (Å²) in [6.45, 7) is 3.20. The van der Waals surface area contributed by atoms with Crippen LogP contribution in [-0.2, 0) is 6.54 Å². The van der Waals surface area contributed by atoms with Gasteiger partial charge in [0.25, 0.3) is 0 Å². The zero-order valence-corrected chi connectivity index (χ0v) is 11.6. The van der Waals surface area contributed by atoms with Crippen molar-refractivity contribution < 1.29 is 17.9 Å². The van der Waals surface area contributed by atoms with E-state index in [1.165, 1.54) is 24.3 Å². The van der Waals surface area contributed by atoms with Crippen LogP contribution in [0, 0.1) is 17.5 Å². The second-order valence-electron chi connectivity index (χ2n) is 4.61. The van der Waals surface area contributed by atoms with Crippen molar-refractivity contribution >= 4 is 0 Å². The molecule has 0 spiro atoms. The zero-order valence-electron chi connectivity index (χ0n) is 11.6. The lowest BCUT2D eigenvalue weighted by Gasteiger charge is -2.12. The molecule has 112 valence electrons. The highest BCUT2D eigenvalue weighted by Gasteiger charge is 2.10. The van der Waals surface area contributed by atoms with Crippen LogP contribution in [-0.4, -0.2) is 6.54 Å². The molecule has 1 N–H and O–H groups in total. The molecular weight excluding hydrogens is 279 g/mol. The van der Waals surface area contributed by atoms with Crippen LogP contribution >= 0.6 is 0 Å². The Hall–Kier alpha value is -2.01. The van der Waals surface area contributed by atoms with Crippen molar-refractivity contribution in [1.82, 2.24) is 5.32 Å². The molecule has 2 aromatic rings. The van der Waals surface area contributed by atoms with E-state index in [0.717, 1.165) is 25.1 Å². The molecule has 0 fully saturated rings. The third-order valence-corrected chi connectivity index (χ3v) is 2.88. The number of nitrogens with one attached hydrogen (secondary N) is 1. The monoisotopic (exact) mass is 295 g/mol. The van der Waals surface area contributed by atoms with Gasteiger partial charge in [-0.3, -0.25) is 0 Å². The molecule has 0 radical (unpaired) electrons. The Kier molecular flexibility index (Phi) is 5.22. The highest BCUT2D eigenvalue weighted by Crippen LogP contribution is 2.28. The van der Waals surface area contributed by atoms with E-state index in [9.17, 15) is 13.2 Å². The zero-order chi connectivity index (χ0) is 15.2. The normalized spacial score (nSPS) is 10.7. The molecule has 2 nitrogen and oxygen atoms in total. The average Bonchev–Trinajstić information content (AvgIpc) is 2.44. The minimum Gasteiger partial charge on any atom is -0.454 e. The lowest BCUT2D eigenvalue weighted by Crippen LogP contribution is -2.14. The minimum absolute atomic E-state index is 0.0975. The molecule has 2 rings (SSSR count). The van der Waals surface area contributed by atoms with Gasteiger partial charge in [0, 0.05) is 18.2 Å².